The normalized spacial score (nSPS) is 32.1. The summed E-state index contributed by atoms with van der Waals surface area (Å²) in [5.74, 6) is 6.17. The minimum Gasteiger partial charge on any atom is -0.0917 e. The molecule has 0 amide bonds. The molecule has 1 aromatic rings. The van der Waals surface area contributed by atoms with Gasteiger partial charge in [0.05, 0.1) is 0 Å². The van der Waals surface area contributed by atoms with Crippen LogP contribution in [0, 0.1) is 29.6 Å². The molecule has 3 fully saturated rings. The number of hydrogen-bond acceptors (Lipinski definition) is 0. The predicted molar refractivity (Wildman–Crippen MR) is 149 cm³/mol. The van der Waals surface area contributed by atoms with Gasteiger partial charge in [-0.1, -0.05) is 88.3 Å². The quantitative estimate of drug-likeness (QED) is 0.226. The molecule has 190 valence electrons. The minimum absolute atomic E-state index is 0.824. The molecule has 0 heterocycles. The molecule has 1 aromatic carbocycles. The van der Waals surface area contributed by atoms with Gasteiger partial charge in [0.15, 0.2) is 0 Å². The molecule has 4 rings (SSSR count). The fraction of sp³-hybridized carbons (Fsp3) is 0.765. The van der Waals surface area contributed by atoms with Crippen LogP contribution in [-0.4, -0.2) is 0 Å². The molecule has 3 aliphatic rings. The Morgan fingerprint density at radius 2 is 1.35 bits per heavy atom. The molecule has 0 N–H and O–H groups in total. The summed E-state index contributed by atoms with van der Waals surface area (Å²) >= 11 is 0. The van der Waals surface area contributed by atoms with E-state index in [1.54, 1.807) is 44.1 Å². The molecular weight excluding hydrogens is 408 g/mol. The fourth-order valence-electron chi connectivity index (χ4n) is 8.05. The summed E-state index contributed by atoms with van der Waals surface area (Å²) < 4.78 is 0. The summed E-state index contributed by atoms with van der Waals surface area (Å²) in [5, 5.41) is 0. The summed E-state index contributed by atoms with van der Waals surface area (Å²) in [5.41, 5.74) is 3.11. The smallest absolute Gasteiger partial charge is 0.0162 e. The van der Waals surface area contributed by atoms with Crippen molar-refractivity contribution in [3.05, 3.63) is 47.5 Å². The van der Waals surface area contributed by atoms with Crippen molar-refractivity contribution in [2.24, 2.45) is 29.6 Å². The Labute approximate surface area is 212 Å². The van der Waals surface area contributed by atoms with E-state index in [4.69, 9.17) is 0 Å². The van der Waals surface area contributed by atoms with Gasteiger partial charge in [-0.05, 0) is 124 Å². The van der Waals surface area contributed by atoms with Gasteiger partial charge in [0.25, 0.3) is 0 Å². The van der Waals surface area contributed by atoms with Crippen LogP contribution in [0.1, 0.15) is 140 Å². The lowest BCUT2D eigenvalue weighted by molar-refractivity contribution is 0.0613. The van der Waals surface area contributed by atoms with Gasteiger partial charge < -0.3 is 0 Å². The van der Waals surface area contributed by atoms with Crippen LogP contribution in [0.5, 0.6) is 0 Å². The molecule has 4 unspecified atom stereocenters. The van der Waals surface area contributed by atoms with Gasteiger partial charge in [0.1, 0.15) is 0 Å². The van der Waals surface area contributed by atoms with E-state index in [1.165, 1.54) is 82.6 Å². The van der Waals surface area contributed by atoms with E-state index in [2.05, 4.69) is 50.3 Å². The van der Waals surface area contributed by atoms with Crippen molar-refractivity contribution in [2.45, 2.75) is 135 Å². The SMILES string of the molecule is C/C=C/CCc1ccc(C2CCC(C3CCC4CC(CCCCCCC)CCC4C3)CC2)cc1. The fourth-order valence-corrected chi connectivity index (χ4v) is 8.05. The summed E-state index contributed by atoms with van der Waals surface area (Å²) in [7, 11) is 0. The number of hydrogen-bond donors (Lipinski definition) is 0. The molecule has 0 radical (unpaired) electrons. The van der Waals surface area contributed by atoms with Crippen LogP contribution in [0.3, 0.4) is 0 Å². The van der Waals surface area contributed by atoms with Crippen molar-refractivity contribution >= 4 is 0 Å². The van der Waals surface area contributed by atoms with Crippen LogP contribution in [0.25, 0.3) is 0 Å². The first-order chi connectivity index (χ1) is 16.8. The second-order valence-electron chi connectivity index (χ2n) is 12.4. The second kappa shape index (κ2) is 13.9. The molecular formula is C34H54. The Kier molecular flexibility index (Phi) is 10.6. The van der Waals surface area contributed by atoms with E-state index in [-0.39, 0.29) is 0 Å². The molecule has 3 aliphatic carbocycles. The van der Waals surface area contributed by atoms with Gasteiger partial charge in [-0.3, -0.25) is 0 Å². The zero-order chi connectivity index (χ0) is 23.6. The van der Waals surface area contributed by atoms with Crippen LogP contribution in [0.4, 0.5) is 0 Å². The van der Waals surface area contributed by atoms with Gasteiger partial charge in [-0.15, -0.1) is 0 Å². The number of benzene rings is 1. The highest BCUT2D eigenvalue weighted by Gasteiger charge is 2.38. The highest BCUT2D eigenvalue weighted by Crippen LogP contribution is 2.50. The third-order valence-electron chi connectivity index (χ3n) is 10.2. The van der Waals surface area contributed by atoms with E-state index < -0.39 is 0 Å². The van der Waals surface area contributed by atoms with Crippen molar-refractivity contribution in [2.75, 3.05) is 0 Å². The van der Waals surface area contributed by atoms with E-state index in [0.29, 0.717) is 0 Å². The number of aryl methyl sites for hydroxylation is 1. The first-order valence-corrected chi connectivity index (χ1v) is 15.5. The Balaban J connectivity index is 1.16. The molecule has 0 aliphatic heterocycles. The van der Waals surface area contributed by atoms with E-state index >= 15 is 0 Å². The lowest BCUT2D eigenvalue weighted by atomic mass is 9.60. The van der Waals surface area contributed by atoms with E-state index in [0.717, 1.165) is 35.5 Å². The first-order valence-electron chi connectivity index (χ1n) is 15.5. The summed E-state index contributed by atoms with van der Waals surface area (Å²) in [6.45, 7) is 4.45. The molecule has 0 aromatic heterocycles. The zero-order valence-corrected chi connectivity index (χ0v) is 22.7. The maximum Gasteiger partial charge on any atom is -0.0162 e. The third-order valence-corrected chi connectivity index (χ3v) is 10.2. The molecule has 0 nitrogen and oxygen atoms in total. The Hall–Kier alpha value is -1.04. The average molecular weight is 463 g/mol. The van der Waals surface area contributed by atoms with Crippen molar-refractivity contribution in [1.29, 1.82) is 0 Å². The highest BCUT2D eigenvalue weighted by atomic mass is 14.4. The lowest BCUT2D eigenvalue weighted by Gasteiger charge is -2.45. The Bertz CT molecular complexity index is 704. The third kappa shape index (κ3) is 7.48. The summed E-state index contributed by atoms with van der Waals surface area (Å²) in [6, 6.07) is 9.69. The maximum atomic E-state index is 2.45. The number of allylic oxidation sites excluding steroid dienone is 2. The average Bonchev–Trinajstić information content (AvgIpc) is 2.89. The van der Waals surface area contributed by atoms with Crippen LogP contribution in [0.2, 0.25) is 0 Å². The zero-order valence-electron chi connectivity index (χ0n) is 22.7. The molecule has 34 heavy (non-hydrogen) atoms. The summed E-state index contributed by atoms with van der Waals surface area (Å²) in [6.07, 6.45) is 30.9. The molecule has 0 bridgehead atoms. The first kappa shape index (κ1) is 26.0. The summed E-state index contributed by atoms with van der Waals surface area (Å²) in [4.78, 5) is 0. The highest BCUT2D eigenvalue weighted by molar-refractivity contribution is 5.26. The van der Waals surface area contributed by atoms with Crippen molar-refractivity contribution in [3.8, 4) is 0 Å². The number of unbranched alkanes of at least 4 members (excludes halogenated alkanes) is 4. The van der Waals surface area contributed by atoms with Gasteiger partial charge in [-0.25, -0.2) is 0 Å². The Morgan fingerprint density at radius 1 is 0.706 bits per heavy atom. The number of fused-ring (bicyclic) bond motifs is 1. The molecule has 0 spiro atoms. The molecule has 4 atom stereocenters. The monoisotopic (exact) mass is 462 g/mol. The molecule has 0 heteroatoms. The van der Waals surface area contributed by atoms with E-state index in [9.17, 15) is 0 Å². The van der Waals surface area contributed by atoms with Gasteiger partial charge in [0, 0.05) is 0 Å². The van der Waals surface area contributed by atoms with Crippen LogP contribution >= 0.6 is 0 Å². The second-order valence-corrected chi connectivity index (χ2v) is 12.4. The van der Waals surface area contributed by atoms with Crippen LogP contribution in [-0.2, 0) is 6.42 Å². The maximum absolute atomic E-state index is 2.45. The topological polar surface area (TPSA) is 0 Å². The van der Waals surface area contributed by atoms with Gasteiger partial charge in [-0.2, -0.15) is 0 Å². The molecule has 0 saturated heterocycles. The molecule has 3 saturated carbocycles. The minimum atomic E-state index is 0.824. The standard InChI is InChI=1S/C34H54/c1-3-5-7-8-10-12-28-15-18-34-26-33(24-23-32(34)25-28)31-21-19-30(20-22-31)29-16-13-27(14-17-29)11-9-6-4-2/h4,6,13-14,16-17,28,30-34H,3,5,7-12,15,18-26H2,1-2H3/b6-4+. The van der Waals surface area contributed by atoms with Crippen LogP contribution < -0.4 is 0 Å². The predicted octanol–water partition coefficient (Wildman–Crippen LogP) is 10.7. The Morgan fingerprint density at radius 3 is 2.09 bits per heavy atom. The van der Waals surface area contributed by atoms with Crippen LogP contribution in [0.15, 0.2) is 36.4 Å². The number of rotatable bonds is 11. The largest absolute Gasteiger partial charge is 0.0917 e. The van der Waals surface area contributed by atoms with Gasteiger partial charge in [0.2, 0.25) is 0 Å². The lowest BCUT2D eigenvalue weighted by Crippen LogP contribution is -2.34. The van der Waals surface area contributed by atoms with Crippen molar-refractivity contribution in [1.82, 2.24) is 0 Å². The van der Waals surface area contributed by atoms with E-state index in [1.807, 2.05) is 0 Å². The van der Waals surface area contributed by atoms with Crippen molar-refractivity contribution < 1.29 is 0 Å². The van der Waals surface area contributed by atoms with Crippen molar-refractivity contribution in [3.63, 3.8) is 0 Å². The van der Waals surface area contributed by atoms with Gasteiger partial charge >= 0.3 is 0 Å².